The molecule has 0 aliphatic heterocycles. The molecule has 0 saturated heterocycles. The second-order valence-electron chi connectivity index (χ2n) is 6.58. The predicted molar refractivity (Wildman–Crippen MR) is 124 cm³/mol. The van der Waals surface area contributed by atoms with Crippen molar-refractivity contribution < 1.29 is 23.9 Å². The highest BCUT2D eigenvalue weighted by molar-refractivity contribution is 7.13. The van der Waals surface area contributed by atoms with E-state index in [0.717, 1.165) is 5.56 Å². The highest BCUT2D eigenvalue weighted by atomic mass is 32.1. The molecule has 0 spiro atoms. The Hall–Kier alpha value is -3.99. The number of esters is 1. The maximum absolute atomic E-state index is 11.5. The van der Waals surface area contributed by atoms with Gasteiger partial charge in [-0.05, 0) is 36.8 Å². The number of para-hydroxylation sites is 1. The van der Waals surface area contributed by atoms with E-state index >= 15 is 0 Å². The molecule has 0 atom stereocenters. The molecule has 1 heterocycles. The fraction of sp³-hybridized carbons (Fsp3) is 0.227. The molecule has 2 aromatic carbocycles. The minimum absolute atomic E-state index is 0.00102. The SMILES string of the molecule is CCOC(=O)Cc1csc(NN=Cc2ccc(OCc3ccccc3[N+](=O)[O-])c(OC)c2)n1. The number of benzene rings is 2. The highest BCUT2D eigenvalue weighted by Gasteiger charge is 2.14. The molecule has 0 radical (unpaired) electrons. The number of rotatable bonds is 11. The van der Waals surface area contributed by atoms with Crippen molar-refractivity contribution in [3.8, 4) is 11.5 Å². The molecule has 0 amide bonds. The zero-order valence-electron chi connectivity index (χ0n) is 18.0. The summed E-state index contributed by atoms with van der Waals surface area (Å²) in [5, 5.41) is 17.6. The average molecular weight is 471 g/mol. The van der Waals surface area contributed by atoms with Gasteiger partial charge in [-0.2, -0.15) is 5.10 Å². The van der Waals surface area contributed by atoms with Gasteiger partial charge < -0.3 is 14.2 Å². The molecule has 3 aromatic rings. The third-order valence-electron chi connectivity index (χ3n) is 4.32. The maximum atomic E-state index is 11.5. The fourth-order valence-electron chi connectivity index (χ4n) is 2.81. The first-order valence-corrected chi connectivity index (χ1v) is 10.8. The van der Waals surface area contributed by atoms with Crippen LogP contribution >= 0.6 is 11.3 Å². The lowest BCUT2D eigenvalue weighted by Gasteiger charge is -2.11. The van der Waals surface area contributed by atoms with Gasteiger partial charge in [-0.3, -0.25) is 20.3 Å². The lowest BCUT2D eigenvalue weighted by molar-refractivity contribution is -0.385. The number of aromatic nitrogens is 1. The van der Waals surface area contributed by atoms with Gasteiger partial charge in [0.25, 0.3) is 5.69 Å². The van der Waals surface area contributed by atoms with E-state index in [1.54, 1.807) is 54.9 Å². The van der Waals surface area contributed by atoms with Crippen molar-refractivity contribution in [2.45, 2.75) is 20.0 Å². The summed E-state index contributed by atoms with van der Waals surface area (Å²) in [7, 11) is 1.51. The standard InChI is InChI=1S/C22H22N4O6S/c1-3-31-21(27)11-17-14-33-22(24-17)25-23-12-15-8-9-19(20(10-15)30-2)32-13-16-6-4-5-7-18(16)26(28)29/h4-10,12,14H,3,11,13H2,1-2H3,(H,24,25). The largest absolute Gasteiger partial charge is 0.493 e. The van der Waals surface area contributed by atoms with Crippen LogP contribution in [0.3, 0.4) is 0 Å². The Labute approximate surface area is 194 Å². The monoisotopic (exact) mass is 470 g/mol. The van der Waals surface area contributed by atoms with Crippen molar-refractivity contribution in [3.05, 3.63) is 74.8 Å². The minimum atomic E-state index is -0.440. The molecule has 0 aliphatic carbocycles. The van der Waals surface area contributed by atoms with Crippen LogP contribution in [0.15, 0.2) is 52.9 Å². The molecule has 172 valence electrons. The Morgan fingerprint density at radius 2 is 2.09 bits per heavy atom. The Morgan fingerprint density at radius 3 is 2.85 bits per heavy atom. The Balaban J connectivity index is 1.61. The predicted octanol–water partition coefficient (Wildman–Crippen LogP) is 4.19. The van der Waals surface area contributed by atoms with Crippen molar-refractivity contribution in [1.29, 1.82) is 0 Å². The van der Waals surface area contributed by atoms with Gasteiger partial charge in [0.1, 0.15) is 6.61 Å². The van der Waals surface area contributed by atoms with Crippen LogP contribution in [-0.4, -0.2) is 35.8 Å². The Kier molecular flexibility index (Phi) is 8.30. The van der Waals surface area contributed by atoms with Crippen LogP contribution in [0, 0.1) is 10.1 Å². The number of hydrogen-bond acceptors (Lipinski definition) is 10. The van der Waals surface area contributed by atoms with Crippen LogP contribution in [0.1, 0.15) is 23.7 Å². The van der Waals surface area contributed by atoms with Crippen LogP contribution in [0.2, 0.25) is 0 Å². The van der Waals surface area contributed by atoms with E-state index in [1.165, 1.54) is 24.5 Å². The molecule has 0 fully saturated rings. The number of thiazole rings is 1. The number of nitrogens with one attached hydrogen (secondary N) is 1. The number of carbonyl (C=O) groups is 1. The van der Waals surface area contributed by atoms with E-state index in [4.69, 9.17) is 14.2 Å². The van der Waals surface area contributed by atoms with Crippen molar-refractivity contribution in [3.63, 3.8) is 0 Å². The average Bonchev–Trinajstić information content (AvgIpc) is 3.25. The zero-order valence-corrected chi connectivity index (χ0v) is 18.8. The molecule has 3 rings (SSSR count). The summed E-state index contributed by atoms with van der Waals surface area (Å²) in [5.74, 6) is 0.585. The Bertz CT molecular complexity index is 1150. The molecule has 33 heavy (non-hydrogen) atoms. The van der Waals surface area contributed by atoms with Gasteiger partial charge in [0.15, 0.2) is 11.5 Å². The topological polar surface area (TPSA) is 125 Å². The summed E-state index contributed by atoms with van der Waals surface area (Å²) in [6, 6.07) is 11.6. The van der Waals surface area contributed by atoms with E-state index in [0.29, 0.717) is 34.5 Å². The van der Waals surface area contributed by atoms with E-state index in [2.05, 4.69) is 15.5 Å². The van der Waals surface area contributed by atoms with Crippen LogP contribution in [0.4, 0.5) is 10.8 Å². The van der Waals surface area contributed by atoms with Crippen LogP contribution in [-0.2, 0) is 22.6 Å². The number of nitrogens with zero attached hydrogens (tertiary/aromatic N) is 3. The number of hydrazone groups is 1. The molecule has 1 N–H and O–H groups in total. The van der Waals surface area contributed by atoms with Gasteiger partial charge in [-0.15, -0.1) is 11.3 Å². The summed E-state index contributed by atoms with van der Waals surface area (Å²) in [6.45, 7) is 2.11. The maximum Gasteiger partial charge on any atom is 0.311 e. The van der Waals surface area contributed by atoms with E-state index in [1.807, 2.05) is 0 Å². The number of nitro groups is 1. The molecular formula is C22H22N4O6S. The summed E-state index contributed by atoms with van der Waals surface area (Å²) in [6.07, 6.45) is 1.70. The molecule has 0 unspecified atom stereocenters. The number of carbonyl (C=O) groups excluding carboxylic acids is 1. The molecule has 11 heteroatoms. The first-order valence-electron chi connectivity index (χ1n) is 9.92. The van der Waals surface area contributed by atoms with Crippen molar-refractivity contribution in [2.24, 2.45) is 5.10 Å². The van der Waals surface area contributed by atoms with Gasteiger partial charge in [-0.1, -0.05) is 12.1 Å². The summed E-state index contributed by atoms with van der Waals surface area (Å²) >= 11 is 1.33. The summed E-state index contributed by atoms with van der Waals surface area (Å²) < 4.78 is 16.0. The van der Waals surface area contributed by atoms with Gasteiger partial charge in [0.05, 0.1) is 42.5 Å². The van der Waals surface area contributed by atoms with Gasteiger partial charge in [-0.25, -0.2) is 4.98 Å². The van der Waals surface area contributed by atoms with E-state index < -0.39 is 4.92 Å². The first kappa shape index (κ1) is 23.7. The van der Waals surface area contributed by atoms with Crippen molar-refractivity contribution in [2.75, 3.05) is 19.1 Å². The van der Waals surface area contributed by atoms with Crippen molar-refractivity contribution >= 4 is 34.3 Å². The quantitative estimate of drug-likeness (QED) is 0.191. The van der Waals surface area contributed by atoms with Crippen LogP contribution < -0.4 is 14.9 Å². The molecule has 0 saturated carbocycles. The lowest BCUT2D eigenvalue weighted by atomic mass is 10.2. The number of anilines is 1. The van der Waals surface area contributed by atoms with E-state index in [9.17, 15) is 14.9 Å². The lowest BCUT2D eigenvalue weighted by Crippen LogP contribution is -2.07. The Morgan fingerprint density at radius 1 is 1.27 bits per heavy atom. The third kappa shape index (κ3) is 6.74. The second-order valence-corrected chi connectivity index (χ2v) is 7.44. The first-order chi connectivity index (χ1) is 16.0. The number of ether oxygens (including phenoxy) is 3. The van der Waals surface area contributed by atoms with Crippen LogP contribution in [0.25, 0.3) is 0 Å². The highest BCUT2D eigenvalue weighted by Crippen LogP contribution is 2.29. The fourth-order valence-corrected chi connectivity index (χ4v) is 3.47. The van der Waals surface area contributed by atoms with E-state index in [-0.39, 0.29) is 24.7 Å². The van der Waals surface area contributed by atoms with Gasteiger partial charge >= 0.3 is 5.97 Å². The molecular weight excluding hydrogens is 448 g/mol. The molecule has 10 nitrogen and oxygen atoms in total. The molecule has 0 bridgehead atoms. The van der Waals surface area contributed by atoms with Crippen LogP contribution in [0.5, 0.6) is 11.5 Å². The number of methoxy groups -OCH3 is 1. The third-order valence-corrected chi connectivity index (χ3v) is 5.11. The van der Waals surface area contributed by atoms with Gasteiger partial charge in [0, 0.05) is 11.4 Å². The molecule has 0 aliphatic rings. The smallest absolute Gasteiger partial charge is 0.311 e. The summed E-state index contributed by atoms with van der Waals surface area (Å²) in [4.78, 5) is 26.5. The minimum Gasteiger partial charge on any atom is -0.493 e. The molecule has 1 aromatic heterocycles. The number of nitro benzene ring substituents is 1. The number of hydrogen-bond donors (Lipinski definition) is 1. The van der Waals surface area contributed by atoms with Gasteiger partial charge in [0.2, 0.25) is 5.13 Å². The zero-order chi connectivity index (χ0) is 23.6. The summed E-state index contributed by atoms with van der Waals surface area (Å²) in [5.41, 5.74) is 4.63. The normalized spacial score (nSPS) is 10.7. The van der Waals surface area contributed by atoms with Crippen molar-refractivity contribution in [1.82, 2.24) is 4.98 Å². The second kappa shape index (κ2) is 11.6.